The van der Waals surface area contributed by atoms with Crippen molar-refractivity contribution in [1.82, 2.24) is 25.3 Å². The monoisotopic (exact) mass is 486 g/mol. The Morgan fingerprint density at radius 3 is 2.46 bits per heavy atom. The third-order valence-electron chi connectivity index (χ3n) is 6.08. The van der Waals surface area contributed by atoms with E-state index in [1.807, 2.05) is 49.9 Å². The SMILES string of the molecule is COc1ccc(-c2noc(N3CCN(C(=O)NCC4CCN(C(=O)OC(C)(C)C)C4)CC3)n2)cc1. The quantitative estimate of drug-likeness (QED) is 0.686. The summed E-state index contributed by atoms with van der Waals surface area (Å²) in [6.07, 6.45) is 0.555. The summed E-state index contributed by atoms with van der Waals surface area (Å²) >= 11 is 0. The van der Waals surface area contributed by atoms with Crippen LogP contribution in [0.2, 0.25) is 0 Å². The van der Waals surface area contributed by atoms with Crippen LogP contribution in [0.25, 0.3) is 11.4 Å². The molecule has 2 aliphatic rings. The van der Waals surface area contributed by atoms with Crippen molar-refractivity contribution in [3.8, 4) is 17.1 Å². The van der Waals surface area contributed by atoms with Crippen LogP contribution in [0.3, 0.4) is 0 Å². The average Bonchev–Trinajstić information content (AvgIpc) is 3.52. The molecular formula is C24H34N6O5. The minimum atomic E-state index is -0.510. The number of methoxy groups -OCH3 is 1. The third kappa shape index (κ3) is 6.34. The summed E-state index contributed by atoms with van der Waals surface area (Å²) in [7, 11) is 1.62. The molecule has 0 saturated carbocycles. The Kier molecular flexibility index (Phi) is 7.32. The van der Waals surface area contributed by atoms with E-state index < -0.39 is 5.60 Å². The molecule has 1 N–H and O–H groups in total. The molecule has 2 aromatic rings. The van der Waals surface area contributed by atoms with Gasteiger partial charge in [0.25, 0.3) is 0 Å². The average molecular weight is 487 g/mol. The smallest absolute Gasteiger partial charge is 0.410 e. The van der Waals surface area contributed by atoms with Crippen LogP contribution in [0.4, 0.5) is 15.6 Å². The highest BCUT2D eigenvalue weighted by Crippen LogP contribution is 2.23. The number of rotatable bonds is 5. The first kappa shape index (κ1) is 24.6. The van der Waals surface area contributed by atoms with E-state index in [0.29, 0.717) is 57.7 Å². The van der Waals surface area contributed by atoms with Gasteiger partial charge in [-0.2, -0.15) is 4.98 Å². The number of aromatic nitrogens is 2. The van der Waals surface area contributed by atoms with E-state index >= 15 is 0 Å². The molecule has 1 aromatic carbocycles. The summed E-state index contributed by atoms with van der Waals surface area (Å²) < 4.78 is 16.1. The molecule has 0 radical (unpaired) electrons. The Morgan fingerprint density at radius 2 is 1.80 bits per heavy atom. The molecule has 0 aliphatic carbocycles. The maximum atomic E-state index is 12.7. The van der Waals surface area contributed by atoms with Gasteiger partial charge in [0.15, 0.2) is 0 Å². The Morgan fingerprint density at radius 1 is 1.09 bits per heavy atom. The van der Waals surface area contributed by atoms with Crippen LogP contribution in [0, 0.1) is 5.92 Å². The van der Waals surface area contributed by atoms with E-state index in [9.17, 15) is 9.59 Å². The highest BCUT2D eigenvalue weighted by atomic mass is 16.6. The van der Waals surface area contributed by atoms with Crippen molar-refractivity contribution >= 4 is 18.1 Å². The summed E-state index contributed by atoms with van der Waals surface area (Å²) in [5, 5.41) is 7.10. The molecule has 3 heterocycles. The van der Waals surface area contributed by atoms with Crippen LogP contribution in [-0.2, 0) is 4.74 Å². The highest BCUT2D eigenvalue weighted by molar-refractivity contribution is 5.74. The summed E-state index contributed by atoms with van der Waals surface area (Å²) in [5.74, 6) is 1.50. The van der Waals surface area contributed by atoms with E-state index in [0.717, 1.165) is 17.7 Å². The number of urea groups is 1. The molecular weight excluding hydrogens is 452 g/mol. The molecule has 4 rings (SSSR count). The number of hydrogen-bond donors (Lipinski definition) is 1. The molecule has 3 amide bonds. The van der Waals surface area contributed by atoms with Gasteiger partial charge in [-0.1, -0.05) is 5.16 Å². The Hall–Kier alpha value is -3.50. The fourth-order valence-corrected chi connectivity index (χ4v) is 4.14. The molecule has 1 aromatic heterocycles. The van der Waals surface area contributed by atoms with Gasteiger partial charge >= 0.3 is 18.1 Å². The van der Waals surface area contributed by atoms with Gasteiger partial charge in [0.1, 0.15) is 11.4 Å². The molecule has 2 fully saturated rings. The number of carbonyl (C=O) groups excluding carboxylic acids is 2. The topological polar surface area (TPSA) is 113 Å². The van der Waals surface area contributed by atoms with Gasteiger partial charge in [-0.25, -0.2) is 9.59 Å². The van der Waals surface area contributed by atoms with E-state index in [1.54, 1.807) is 16.9 Å². The minimum Gasteiger partial charge on any atom is -0.497 e. The number of nitrogens with one attached hydrogen (secondary N) is 1. The number of ether oxygens (including phenoxy) is 2. The first-order chi connectivity index (χ1) is 16.7. The van der Waals surface area contributed by atoms with Crippen LogP contribution < -0.4 is 15.0 Å². The van der Waals surface area contributed by atoms with Crippen LogP contribution in [-0.4, -0.2) is 90.6 Å². The van der Waals surface area contributed by atoms with Gasteiger partial charge < -0.3 is 34.0 Å². The van der Waals surface area contributed by atoms with Gasteiger partial charge in [0.05, 0.1) is 7.11 Å². The summed E-state index contributed by atoms with van der Waals surface area (Å²) in [6.45, 7) is 9.67. The lowest BCUT2D eigenvalue weighted by Gasteiger charge is -2.33. The number of nitrogens with zero attached hydrogens (tertiary/aromatic N) is 5. The fraction of sp³-hybridized carbons (Fsp3) is 0.583. The second kappa shape index (κ2) is 10.4. The third-order valence-corrected chi connectivity index (χ3v) is 6.08. The molecule has 11 nitrogen and oxygen atoms in total. The van der Waals surface area contributed by atoms with Gasteiger partial charge in [-0.15, -0.1) is 0 Å². The lowest BCUT2D eigenvalue weighted by atomic mass is 10.1. The van der Waals surface area contributed by atoms with Crippen molar-refractivity contribution in [2.24, 2.45) is 5.92 Å². The Labute approximate surface area is 205 Å². The van der Waals surface area contributed by atoms with Crippen molar-refractivity contribution in [2.45, 2.75) is 32.8 Å². The fourth-order valence-electron chi connectivity index (χ4n) is 4.14. The van der Waals surface area contributed by atoms with Gasteiger partial charge in [0.2, 0.25) is 5.82 Å². The molecule has 190 valence electrons. The molecule has 1 unspecified atom stereocenters. The largest absolute Gasteiger partial charge is 0.497 e. The predicted molar refractivity (Wildman–Crippen MR) is 129 cm³/mol. The molecule has 1 atom stereocenters. The van der Waals surface area contributed by atoms with Crippen LogP contribution >= 0.6 is 0 Å². The van der Waals surface area contributed by atoms with Crippen LogP contribution in [0.5, 0.6) is 5.75 Å². The number of benzene rings is 1. The lowest BCUT2D eigenvalue weighted by molar-refractivity contribution is 0.0288. The first-order valence-electron chi connectivity index (χ1n) is 12.0. The van der Waals surface area contributed by atoms with E-state index in [-0.39, 0.29) is 18.0 Å². The zero-order valence-corrected chi connectivity index (χ0v) is 20.8. The maximum Gasteiger partial charge on any atom is 0.410 e. The van der Waals surface area contributed by atoms with Gasteiger partial charge in [0, 0.05) is 51.4 Å². The minimum absolute atomic E-state index is 0.0928. The second-order valence-corrected chi connectivity index (χ2v) is 9.87. The predicted octanol–water partition coefficient (Wildman–Crippen LogP) is 2.83. The number of hydrogen-bond acceptors (Lipinski definition) is 8. The first-order valence-corrected chi connectivity index (χ1v) is 12.0. The number of anilines is 1. The van der Waals surface area contributed by atoms with Crippen LogP contribution in [0.15, 0.2) is 28.8 Å². The van der Waals surface area contributed by atoms with Crippen molar-refractivity contribution in [3.05, 3.63) is 24.3 Å². The zero-order chi connectivity index (χ0) is 25.0. The highest BCUT2D eigenvalue weighted by Gasteiger charge is 2.31. The van der Waals surface area contributed by atoms with E-state index in [1.165, 1.54) is 0 Å². The van der Waals surface area contributed by atoms with E-state index in [2.05, 4.69) is 15.5 Å². The number of likely N-dealkylation sites (tertiary alicyclic amines) is 1. The zero-order valence-electron chi connectivity index (χ0n) is 20.8. The summed E-state index contributed by atoms with van der Waals surface area (Å²) in [5.41, 5.74) is 0.334. The number of amides is 3. The molecule has 35 heavy (non-hydrogen) atoms. The molecule has 11 heteroatoms. The summed E-state index contributed by atoms with van der Waals surface area (Å²) in [4.78, 5) is 34.9. The van der Waals surface area contributed by atoms with Gasteiger partial charge in [-0.05, 0) is 57.4 Å². The molecule has 2 saturated heterocycles. The lowest BCUT2D eigenvalue weighted by Crippen LogP contribution is -2.52. The van der Waals surface area contributed by atoms with E-state index in [4.69, 9.17) is 14.0 Å². The van der Waals surface area contributed by atoms with Gasteiger partial charge in [-0.3, -0.25) is 0 Å². The number of carbonyl (C=O) groups is 2. The second-order valence-electron chi connectivity index (χ2n) is 9.87. The van der Waals surface area contributed by atoms with Crippen molar-refractivity contribution in [3.63, 3.8) is 0 Å². The Bertz CT molecular complexity index is 1010. The molecule has 0 spiro atoms. The molecule has 0 bridgehead atoms. The van der Waals surface area contributed by atoms with Crippen molar-refractivity contribution in [2.75, 3.05) is 57.8 Å². The van der Waals surface area contributed by atoms with Crippen LogP contribution in [0.1, 0.15) is 27.2 Å². The number of piperazine rings is 1. The van der Waals surface area contributed by atoms with Crippen molar-refractivity contribution < 1.29 is 23.6 Å². The normalized spacial score (nSPS) is 18.5. The standard InChI is InChI=1S/C24H34N6O5/c1-24(2,3)34-23(32)30-10-9-17(16-30)15-25-21(31)28-11-13-29(14-12-28)22-26-20(27-35-22)18-5-7-19(33-4)8-6-18/h5-8,17H,9-16H2,1-4H3,(H,25,31). The summed E-state index contributed by atoms with van der Waals surface area (Å²) in [6, 6.07) is 7.82. The maximum absolute atomic E-state index is 12.7. The molecule has 2 aliphatic heterocycles. The van der Waals surface area contributed by atoms with Crippen molar-refractivity contribution in [1.29, 1.82) is 0 Å². The Balaban J connectivity index is 1.20.